The van der Waals surface area contributed by atoms with E-state index in [9.17, 15) is 4.79 Å². The van der Waals surface area contributed by atoms with Crippen molar-refractivity contribution in [2.75, 3.05) is 12.4 Å². The van der Waals surface area contributed by atoms with Crippen molar-refractivity contribution in [1.29, 1.82) is 0 Å². The highest BCUT2D eigenvalue weighted by atomic mass is 32.1. The molecule has 1 aliphatic rings. The minimum atomic E-state index is -0.0538. The number of benzene rings is 2. The Morgan fingerprint density at radius 2 is 1.91 bits per heavy atom. The summed E-state index contributed by atoms with van der Waals surface area (Å²) in [5.74, 6) is 1.34. The van der Waals surface area contributed by atoms with Gasteiger partial charge in [-0.1, -0.05) is 36.4 Å². The van der Waals surface area contributed by atoms with Crippen LogP contribution >= 0.6 is 11.3 Å². The van der Waals surface area contributed by atoms with E-state index in [-0.39, 0.29) is 5.91 Å². The minimum Gasteiger partial charge on any atom is -0.497 e. The van der Waals surface area contributed by atoms with Crippen LogP contribution < -0.4 is 10.1 Å². The molecule has 32 heavy (non-hydrogen) atoms. The standard InChI is InChI=1S/C26H23N3O2S/c1-31-19-11-12-20-18(16-19)10-13-21-24(20)29-25(22-8-5-15-32-22)26(27-21)28-23(30)14-9-17-6-3-2-4-7-17/h2-8,11-12,15-16H,9-10,13-14H2,1H3,(H,27,28,30). The van der Waals surface area contributed by atoms with Crippen LogP contribution in [0.3, 0.4) is 0 Å². The summed E-state index contributed by atoms with van der Waals surface area (Å²) < 4.78 is 5.39. The molecule has 160 valence electrons. The molecule has 1 amide bonds. The van der Waals surface area contributed by atoms with E-state index in [1.807, 2.05) is 53.9 Å². The Hall–Kier alpha value is -3.51. The molecule has 1 aliphatic carbocycles. The van der Waals surface area contributed by atoms with Crippen LogP contribution in [-0.4, -0.2) is 23.0 Å². The van der Waals surface area contributed by atoms with Crippen LogP contribution in [-0.2, 0) is 24.1 Å². The fourth-order valence-electron chi connectivity index (χ4n) is 4.02. The number of aryl methyl sites for hydroxylation is 3. The molecular weight excluding hydrogens is 418 g/mol. The lowest BCUT2D eigenvalue weighted by atomic mass is 9.91. The van der Waals surface area contributed by atoms with Gasteiger partial charge in [-0.05, 0) is 60.0 Å². The van der Waals surface area contributed by atoms with Gasteiger partial charge in [-0.15, -0.1) is 11.3 Å². The monoisotopic (exact) mass is 441 g/mol. The SMILES string of the molecule is COc1ccc2c(c1)CCc1nc(NC(=O)CCc3ccccc3)c(-c3cccs3)nc1-2. The van der Waals surface area contributed by atoms with Crippen LogP contribution in [0.15, 0.2) is 66.0 Å². The van der Waals surface area contributed by atoms with Gasteiger partial charge in [-0.2, -0.15) is 0 Å². The minimum absolute atomic E-state index is 0.0538. The number of nitrogens with one attached hydrogen (secondary N) is 1. The number of thiophene rings is 1. The van der Waals surface area contributed by atoms with E-state index < -0.39 is 0 Å². The molecular formula is C26H23N3O2S. The van der Waals surface area contributed by atoms with Crippen molar-refractivity contribution in [2.24, 2.45) is 0 Å². The number of nitrogens with zero attached hydrogens (tertiary/aromatic N) is 2. The molecule has 0 radical (unpaired) electrons. The first kappa shape index (κ1) is 20.4. The van der Waals surface area contributed by atoms with E-state index in [1.54, 1.807) is 18.4 Å². The molecule has 0 bridgehead atoms. The molecule has 0 saturated carbocycles. The van der Waals surface area contributed by atoms with Gasteiger partial charge in [0.2, 0.25) is 5.91 Å². The molecule has 2 aromatic heterocycles. The molecule has 1 N–H and O–H groups in total. The van der Waals surface area contributed by atoms with E-state index >= 15 is 0 Å². The largest absolute Gasteiger partial charge is 0.497 e. The average Bonchev–Trinajstić information content (AvgIpc) is 3.37. The summed E-state index contributed by atoms with van der Waals surface area (Å²) in [4.78, 5) is 23.6. The predicted molar refractivity (Wildman–Crippen MR) is 128 cm³/mol. The maximum absolute atomic E-state index is 12.8. The molecule has 2 heterocycles. The number of carbonyl (C=O) groups is 1. The summed E-state index contributed by atoms with van der Waals surface area (Å²) in [7, 11) is 1.68. The number of carbonyl (C=O) groups excluding carboxylic acids is 1. The van der Waals surface area contributed by atoms with Crippen LogP contribution in [0.1, 0.15) is 23.2 Å². The van der Waals surface area contributed by atoms with Gasteiger partial charge in [0.1, 0.15) is 11.4 Å². The third-order valence-corrected chi connectivity index (χ3v) is 6.54. The Balaban J connectivity index is 1.47. The van der Waals surface area contributed by atoms with Crippen LogP contribution in [0.4, 0.5) is 5.82 Å². The molecule has 0 unspecified atom stereocenters. The van der Waals surface area contributed by atoms with Crippen molar-refractivity contribution < 1.29 is 9.53 Å². The average molecular weight is 442 g/mol. The number of hydrogen-bond donors (Lipinski definition) is 1. The highest BCUT2D eigenvalue weighted by Gasteiger charge is 2.23. The lowest BCUT2D eigenvalue weighted by molar-refractivity contribution is -0.116. The van der Waals surface area contributed by atoms with Gasteiger partial charge in [-0.3, -0.25) is 4.79 Å². The van der Waals surface area contributed by atoms with Crippen LogP contribution in [0.25, 0.3) is 21.8 Å². The molecule has 5 rings (SSSR count). The summed E-state index contributed by atoms with van der Waals surface area (Å²) in [6, 6.07) is 20.1. The van der Waals surface area contributed by atoms with E-state index in [0.29, 0.717) is 18.7 Å². The lowest BCUT2D eigenvalue weighted by Crippen LogP contribution is -2.17. The number of hydrogen-bond acceptors (Lipinski definition) is 5. The zero-order valence-corrected chi connectivity index (χ0v) is 18.6. The first-order chi connectivity index (χ1) is 15.7. The number of rotatable bonds is 6. The highest BCUT2D eigenvalue weighted by molar-refractivity contribution is 7.13. The number of fused-ring (bicyclic) bond motifs is 3. The fraction of sp³-hybridized carbons (Fsp3) is 0.192. The van der Waals surface area contributed by atoms with Crippen LogP contribution in [0.5, 0.6) is 5.75 Å². The summed E-state index contributed by atoms with van der Waals surface area (Å²) in [5.41, 5.74) is 5.96. The summed E-state index contributed by atoms with van der Waals surface area (Å²) in [6.07, 6.45) is 2.73. The number of anilines is 1. The van der Waals surface area contributed by atoms with Gasteiger partial charge in [0.05, 0.1) is 23.4 Å². The Morgan fingerprint density at radius 3 is 2.69 bits per heavy atom. The second-order valence-electron chi connectivity index (χ2n) is 7.75. The topological polar surface area (TPSA) is 64.1 Å². The quantitative estimate of drug-likeness (QED) is 0.426. The summed E-state index contributed by atoms with van der Waals surface area (Å²) >= 11 is 1.59. The van der Waals surface area contributed by atoms with Gasteiger partial charge in [0, 0.05) is 12.0 Å². The summed E-state index contributed by atoms with van der Waals surface area (Å²) in [5, 5.41) is 5.05. The molecule has 0 fully saturated rings. The molecule has 5 nitrogen and oxygen atoms in total. The normalized spacial score (nSPS) is 12.0. The number of amides is 1. The second kappa shape index (κ2) is 8.93. The van der Waals surface area contributed by atoms with Crippen molar-refractivity contribution in [2.45, 2.75) is 25.7 Å². The number of ether oxygens (including phenoxy) is 1. The Bertz CT molecular complexity index is 1250. The molecule has 0 spiro atoms. The Kier molecular flexibility index (Phi) is 5.69. The van der Waals surface area contributed by atoms with Crippen molar-refractivity contribution in [3.05, 3.63) is 82.9 Å². The second-order valence-corrected chi connectivity index (χ2v) is 8.70. The highest BCUT2D eigenvalue weighted by Crippen LogP contribution is 2.38. The number of methoxy groups -OCH3 is 1. The van der Waals surface area contributed by atoms with Crippen molar-refractivity contribution in [3.8, 4) is 27.6 Å². The zero-order chi connectivity index (χ0) is 21.9. The molecule has 0 aliphatic heterocycles. The van der Waals surface area contributed by atoms with Crippen LogP contribution in [0.2, 0.25) is 0 Å². The van der Waals surface area contributed by atoms with E-state index in [2.05, 4.69) is 17.4 Å². The van der Waals surface area contributed by atoms with Gasteiger partial charge in [-0.25, -0.2) is 9.97 Å². The van der Waals surface area contributed by atoms with Gasteiger partial charge < -0.3 is 10.1 Å². The molecule has 6 heteroatoms. The molecule has 0 saturated heterocycles. The third-order valence-electron chi connectivity index (χ3n) is 5.66. The fourth-order valence-corrected chi connectivity index (χ4v) is 4.73. The van der Waals surface area contributed by atoms with Crippen molar-refractivity contribution in [3.63, 3.8) is 0 Å². The first-order valence-corrected chi connectivity index (χ1v) is 11.5. The Labute approximate surface area is 191 Å². The molecule has 4 aromatic rings. The predicted octanol–water partition coefficient (Wildman–Crippen LogP) is 5.55. The maximum Gasteiger partial charge on any atom is 0.225 e. The Morgan fingerprint density at radius 1 is 1.03 bits per heavy atom. The van der Waals surface area contributed by atoms with E-state index in [4.69, 9.17) is 14.7 Å². The summed E-state index contributed by atoms with van der Waals surface area (Å²) in [6.45, 7) is 0. The van der Waals surface area contributed by atoms with E-state index in [0.717, 1.165) is 51.7 Å². The lowest BCUT2D eigenvalue weighted by Gasteiger charge is -2.21. The van der Waals surface area contributed by atoms with E-state index in [1.165, 1.54) is 5.56 Å². The number of aromatic nitrogens is 2. The van der Waals surface area contributed by atoms with Crippen LogP contribution in [0, 0.1) is 0 Å². The zero-order valence-electron chi connectivity index (χ0n) is 17.8. The maximum atomic E-state index is 12.8. The van der Waals surface area contributed by atoms with Gasteiger partial charge >= 0.3 is 0 Å². The van der Waals surface area contributed by atoms with Crippen molar-refractivity contribution >= 4 is 23.1 Å². The van der Waals surface area contributed by atoms with Gasteiger partial charge in [0.15, 0.2) is 5.82 Å². The molecule has 0 atom stereocenters. The third kappa shape index (κ3) is 4.14. The smallest absolute Gasteiger partial charge is 0.225 e. The van der Waals surface area contributed by atoms with Gasteiger partial charge in [0.25, 0.3) is 0 Å². The molecule has 2 aromatic carbocycles. The van der Waals surface area contributed by atoms with Crippen molar-refractivity contribution in [1.82, 2.24) is 9.97 Å². The first-order valence-electron chi connectivity index (χ1n) is 10.7.